The predicted octanol–water partition coefficient (Wildman–Crippen LogP) is -0.459. The number of fused-ring (bicyclic) bond motifs is 2. The number of aromatic nitrogens is 3. The number of hydrogen-bond acceptors (Lipinski definition) is 10. The van der Waals surface area contributed by atoms with Crippen LogP contribution in [0.3, 0.4) is 0 Å². The van der Waals surface area contributed by atoms with E-state index in [-0.39, 0.29) is 47.9 Å². The van der Waals surface area contributed by atoms with Crippen molar-refractivity contribution in [3.05, 3.63) is 52.9 Å². The molecule has 0 spiro atoms. The van der Waals surface area contributed by atoms with Gasteiger partial charge < -0.3 is 15.5 Å². The minimum Gasteiger partial charge on any atom is -0.481 e. The molecule has 2 amide bonds. The Balaban J connectivity index is 1.40. The minimum absolute atomic E-state index is 0.0316. The number of carboxylic acids is 2. The minimum atomic E-state index is -1.42. The van der Waals surface area contributed by atoms with Crippen LogP contribution in [0.5, 0.6) is 0 Å². The van der Waals surface area contributed by atoms with Crippen LogP contribution in [0.15, 0.2) is 24.5 Å². The summed E-state index contributed by atoms with van der Waals surface area (Å²) in [6.45, 7) is 4.26. The highest BCUT2D eigenvalue weighted by Crippen LogP contribution is 2.45. The molecule has 3 fully saturated rings. The summed E-state index contributed by atoms with van der Waals surface area (Å²) in [5.41, 5.74) is -0.359. The van der Waals surface area contributed by atoms with E-state index in [2.05, 4.69) is 20.2 Å². The fourth-order valence-electron chi connectivity index (χ4n) is 6.58. The highest BCUT2D eigenvalue weighted by atomic mass is 16.4. The van der Waals surface area contributed by atoms with Crippen LogP contribution in [-0.4, -0.2) is 86.2 Å². The number of hydrogen-bond donors (Lipinski definition) is 3. The maximum Gasteiger partial charge on any atom is 0.335 e. The third-order valence-electron chi connectivity index (χ3n) is 8.89. The Morgan fingerprint density at radius 1 is 1.05 bits per heavy atom. The van der Waals surface area contributed by atoms with Crippen molar-refractivity contribution in [3.8, 4) is 0 Å². The van der Waals surface area contributed by atoms with Gasteiger partial charge in [0.05, 0.1) is 35.2 Å². The number of nitrogens with one attached hydrogen (secondary N) is 1. The molecular formula is C28H29N6O8+. The SMILES string of the molecule is CC1NCCN1CCc1nc[n+](N2C(=O)c3ccc(C(=O)O)cc3C2=O)c(C2C(=O)C3CCC(C(=O)O)CC3C2=O)n1. The molecule has 218 valence electrons. The Bertz CT molecular complexity index is 1560. The summed E-state index contributed by atoms with van der Waals surface area (Å²) >= 11 is 0. The summed E-state index contributed by atoms with van der Waals surface area (Å²) in [6, 6.07) is 3.56. The van der Waals surface area contributed by atoms with Gasteiger partial charge in [-0.25, -0.2) is 4.79 Å². The lowest BCUT2D eigenvalue weighted by atomic mass is 9.75. The molecule has 0 bridgehead atoms. The van der Waals surface area contributed by atoms with Gasteiger partial charge in [0, 0.05) is 31.5 Å². The lowest BCUT2D eigenvalue weighted by molar-refractivity contribution is -0.685. The zero-order valence-electron chi connectivity index (χ0n) is 22.7. The molecule has 2 saturated carbocycles. The van der Waals surface area contributed by atoms with Crippen molar-refractivity contribution in [2.45, 2.75) is 44.7 Å². The molecule has 6 rings (SSSR count). The second kappa shape index (κ2) is 10.4. The van der Waals surface area contributed by atoms with Gasteiger partial charge in [-0.05, 0) is 44.4 Å². The molecule has 4 aliphatic rings. The molecule has 1 aromatic carbocycles. The van der Waals surface area contributed by atoms with E-state index >= 15 is 0 Å². The number of nitrogens with zero attached hydrogens (tertiary/aromatic N) is 5. The smallest absolute Gasteiger partial charge is 0.335 e. The van der Waals surface area contributed by atoms with Crippen molar-refractivity contribution in [1.29, 1.82) is 0 Å². The summed E-state index contributed by atoms with van der Waals surface area (Å²) in [5, 5.41) is 22.9. The van der Waals surface area contributed by atoms with Crippen molar-refractivity contribution < 1.29 is 43.7 Å². The van der Waals surface area contributed by atoms with Crippen LogP contribution in [0.25, 0.3) is 0 Å². The first-order chi connectivity index (χ1) is 20.1. The van der Waals surface area contributed by atoms with Gasteiger partial charge in [0.1, 0.15) is 0 Å². The number of ketones is 2. The van der Waals surface area contributed by atoms with Crippen LogP contribution in [0, 0.1) is 17.8 Å². The second-order valence-corrected chi connectivity index (χ2v) is 11.2. The number of carbonyl (C=O) groups excluding carboxylic acids is 4. The van der Waals surface area contributed by atoms with E-state index in [1.807, 2.05) is 6.92 Å². The molecule has 0 radical (unpaired) electrons. The van der Waals surface area contributed by atoms with Crippen LogP contribution < -0.4 is 15.0 Å². The summed E-state index contributed by atoms with van der Waals surface area (Å²) in [7, 11) is 0. The molecule has 2 aliphatic carbocycles. The van der Waals surface area contributed by atoms with E-state index in [1.165, 1.54) is 18.5 Å². The van der Waals surface area contributed by atoms with E-state index in [4.69, 9.17) is 0 Å². The number of amides is 2. The fourth-order valence-corrected chi connectivity index (χ4v) is 6.58. The van der Waals surface area contributed by atoms with Crippen LogP contribution in [0.1, 0.15) is 74.8 Å². The number of imide groups is 1. The van der Waals surface area contributed by atoms with Crippen LogP contribution in [0.2, 0.25) is 0 Å². The first kappa shape index (κ1) is 27.7. The van der Waals surface area contributed by atoms with E-state index in [0.29, 0.717) is 23.8 Å². The monoisotopic (exact) mass is 577 g/mol. The average molecular weight is 578 g/mol. The van der Waals surface area contributed by atoms with Gasteiger partial charge in [0.25, 0.3) is 29.8 Å². The topological polar surface area (TPSA) is 191 Å². The molecule has 42 heavy (non-hydrogen) atoms. The highest BCUT2D eigenvalue weighted by molar-refractivity contribution is 6.29. The molecule has 3 heterocycles. The third kappa shape index (κ3) is 4.47. The number of aromatic carboxylic acids is 1. The number of Topliss-reactive ketones (excluding diaryl/α,β-unsaturated/α-hetero) is 2. The number of benzene rings is 1. The molecule has 5 unspecified atom stereocenters. The van der Waals surface area contributed by atoms with Gasteiger partial charge in [-0.2, -0.15) is 0 Å². The molecule has 14 nitrogen and oxygen atoms in total. The lowest BCUT2D eigenvalue weighted by Crippen LogP contribution is -2.64. The van der Waals surface area contributed by atoms with Crippen LogP contribution in [0.4, 0.5) is 0 Å². The van der Waals surface area contributed by atoms with Gasteiger partial charge >= 0.3 is 11.9 Å². The Labute approximate surface area is 239 Å². The maximum absolute atomic E-state index is 13.8. The van der Waals surface area contributed by atoms with E-state index in [0.717, 1.165) is 23.8 Å². The number of carbonyl (C=O) groups is 6. The normalized spacial score (nSPS) is 27.5. The summed E-state index contributed by atoms with van der Waals surface area (Å²) in [6.07, 6.45) is 2.24. The first-order valence-electron chi connectivity index (χ1n) is 13.9. The van der Waals surface area contributed by atoms with E-state index in [1.54, 1.807) is 0 Å². The van der Waals surface area contributed by atoms with Gasteiger partial charge in [-0.3, -0.25) is 28.9 Å². The van der Waals surface area contributed by atoms with Gasteiger partial charge in [-0.15, -0.1) is 9.69 Å². The van der Waals surface area contributed by atoms with Crippen molar-refractivity contribution in [2.75, 3.05) is 24.6 Å². The highest BCUT2D eigenvalue weighted by Gasteiger charge is 2.57. The largest absolute Gasteiger partial charge is 0.481 e. The Morgan fingerprint density at radius 2 is 1.79 bits per heavy atom. The average Bonchev–Trinajstić information content (AvgIpc) is 3.58. The van der Waals surface area contributed by atoms with Crippen molar-refractivity contribution in [3.63, 3.8) is 0 Å². The molecular weight excluding hydrogens is 548 g/mol. The predicted molar refractivity (Wildman–Crippen MR) is 140 cm³/mol. The zero-order chi connectivity index (χ0) is 29.9. The zero-order valence-corrected chi connectivity index (χ0v) is 22.7. The van der Waals surface area contributed by atoms with Gasteiger partial charge in [0.15, 0.2) is 17.5 Å². The number of aliphatic carboxylic acids is 1. The van der Waals surface area contributed by atoms with Crippen LogP contribution >= 0.6 is 0 Å². The Kier molecular flexibility index (Phi) is 6.89. The number of carboxylic acid groups (broad SMARTS) is 2. The van der Waals surface area contributed by atoms with Crippen molar-refractivity contribution >= 4 is 35.3 Å². The van der Waals surface area contributed by atoms with Crippen molar-refractivity contribution in [2.24, 2.45) is 17.8 Å². The quantitative estimate of drug-likeness (QED) is 0.218. The van der Waals surface area contributed by atoms with E-state index in [9.17, 15) is 39.0 Å². The van der Waals surface area contributed by atoms with Gasteiger partial charge in [-0.1, -0.05) is 9.97 Å². The third-order valence-corrected chi connectivity index (χ3v) is 8.89. The lowest BCUT2D eigenvalue weighted by Gasteiger charge is -2.26. The molecule has 1 saturated heterocycles. The summed E-state index contributed by atoms with van der Waals surface area (Å²) in [5.74, 6) is -8.31. The van der Waals surface area contributed by atoms with Gasteiger partial charge in [0.2, 0.25) is 0 Å². The second-order valence-electron chi connectivity index (χ2n) is 11.2. The Morgan fingerprint density at radius 3 is 2.48 bits per heavy atom. The molecule has 2 aliphatic heterocycles. The maximum atomic E-state index is 13.8. The fraction of sp³-hybridized carbons (Fsp3) is 0.464. The van der Waals surface area contributed by atoms with E-state index < -0.39 is 59.0 Å². The molecule has 1 aromatic heterocycles. The van der Waals surface area contributed by atoms with Crippen molar-refractivity contribution in [1.82, 2.24) is 20.2 Å². The molecule has 14 heteroatoms. The summed E-state index contributed by atoms with van der Waals surface area (Å²) in [4.78, 5) is 88.7. The van der Waals surface area contributed by atoms with Crippen LogP contribution in [-0.2, 0) is 20.8 Å². The Hall–Kier alpha value is -4.43. The molecule has 2 aromatic rings. The molecule has 3 N–H and O–H groups in total. The number of rotatable bonds is 7. The first-order valence-corrected chi connectivity index (χ1v) is 13.9. The summed E-state index contributed by atoms with van der Waals surface area (Å²) < 4.78 is 1.01. The standard InChI is InChI=1S/C28H28N6O8/c1-13-29-7-9-32(13)8-6-20-30-12-33(34-25(37)17-5-3-15(28(41)42)11-19(17)26(34)38)24(31-20)21-22(35)16-4-2-14(27(39)40)10-18(16)23(21)36/h3,5,11-14,16,18,21,29H,2,4,6-10H2,1H3,(H-,39,40,41,42)/p+1. The molecule has 5 atom stereocenters.